The number of rotatable bonds is 3. The van der Waals surface area contributed by atoms with E-state index in [4.69, 9.17) is 23.2 Å². The average Bonchev–Trinajstić information content (AvgIpc) is 2.34. The van der Waals surface area contributed by atoms with Gasteiger partial charge in [0.05, 0.1) is 6.42 Å². The van der Waals surface area contributed by atoms with Gasteiger partial charge in [-0.1, -0.05) is 29.3 Å². The van der Waals surface area contributed by atoms with E-state index in [1.807, 2.05) is 0 Å². The summed E-state index contributed by atoms with van der Waals surface area (Å²) in [7, 11) is 0. The van der Waals surface area contributed by atoms with Crippen LogP contribution in [0.4, 0.5) is 0 Å². The first-order valence-electron chi connectivity index (χ1n) is 6.09. The van der Waals surface area contributed by atoms with Crippen molar-refractivity contribution in [2.24, 2.45) is 0 Å². The highest BCUT2D eigenvalue weighted by molar-refractivity contribution is 6.35. The number of amides is 1. The van der Waals surface area contributed by atoms with Crippen LogP contribution in [0.3, 0.4) is 0 Å². The van der Waals surface area contributed by atoms with Gasteiger partial charge in [0, 0.05) is 16.1 Å². The summed E-state index contributed by atoms with van der Waals surface area (Å²) in [5.41, 5.74) is 0.813. The Balaban J connectivity index is 1.90. The zero-order valence-electron chi connectivity index (χ0n) is 10.0. The van der Waals surface area contributed by atoms with Crippen molar-refractivity contribution in [2.45, 2.75) is 25.3 Å². The van der Waals surface area contributed by atoms with Crippen molar-refractivity contribution in [3.63, 3.8) is 0 Å². The number of hydrogen-bond donors (Lipinski definition) is 2. The van der Waals surface area contributed by atoms with Gasteiger partial charge in [0.2, 0.25) is 5.91 Å². The first kappa shape index (κ1) is 13.7. The molecule has 1 saturated heterocycles. The standard InChI is InChI=1S/C13H16Cl2N2O/c14-10-2-1-9(12(15)8-10)7-13(18)17-11-3-5-16-6-4-11/h1-2,8,11,16H,3-7H2,(H,17,18). The number of carbonyl (C=O) groups excluding carboxylic acids is 1. The van der Waals surface area contributed by atoms with E-state index < -0.39 is 0 Å². The van der Waals surface area contributed by atoms with Crippen molar-refractivity contribution in [2.75, 3.05) is 13.1 Å². The molecule has 1 amide bonds. The molecule has 1 aliphatic rings. The van der Waals surface area contributed by atoms with Crippen molar-refractivity contribution in [3.05, 3.63) is 33.8 Å². The molecule has 0 atom stereocenters. The average molecular weight is 287 g/mol. The third kappa shape index (κ3) is 3.87. The first-order chi connectivity index (χ1) is 8.65. The highest BCUT2D eigenvalue weighted by Crippen LogP contribution is 2.21. The van der Waals surface area contributed by atoms with Crippen LogP contribution < -0.4 is 10.6 Å². The normalized spacial score (nSPS) is 16.6. The molecule has 1 aromatic rings. The second kappa shape index (κ2) is 6.41. The molecule has 0 aromatic heterocycles. The molecule has 5 heteroatoms. The van der Waals surface area contributed by atoms with Crippen molar-refractivity contribution >= 4 is 29.1 Å². The molecule has 0 spiro atoms. The van der Waals surface area contributed by atoms with Gasteiger partial charge in [-0.3, -0.25) is 4.79 Å². The van der Waals surface area contributed by atoms with E-state index in [-0.39, 0.29) is 11.9 Å². The van der Waals surface area contributed by atoms with Gasteiger partial charge in [0.15, 0.2) is 0 Å². The topological polar surface area (TPSA) is 41.1 Å². The Kier molecular flexibility index (Phi) is 4.87. The van der Waals surface area contributed by atoms with Crippen LogP contribution in [-0.4, -0.2) is 25.0 Å². The van der Waals surface area contributed by atoms with Crippen LogP contribution in [0.25, 0.3) is 0 Å². The number of nitrogens with one attached hydrogen (secondary N) is 2. The summed E-state index contributed by atoms with van der Waals surface area (Å²) >= 11 is 11.9. The summed E-state index contributed by atoms with van der Waals surface area (Å²) in [6.07, 6.45) is 2.28. The smallest absolute Gasteiger partial charge is 0.224 e. The molecule has 18 heavy (non-hydrogen) atoms. The maximum Gasteiger partial charge on any atom is 0.224 e. The van der Waals surface area contributed by atoms with Crippen molar-refractivity contribution < 1.29 is 4.79 Å². The van der Waals surface area contributed by atoms with Crippen LogP contribution in [0, 0.1) is 0 Å². The number of carbonyl (C=O) groups is 1. The minimum Gasteiger partial charge on any atom is -0.353 e. The molecule has 3 nitrogen and oxygen atoms in total. The molecular weight excluding hydrogens is 271 g/mol. The fourth-order valence-corrected chi connectivity index (χ4v) is 2.56. The molecule has 0 bridgehead atoms. The predicted octanol–water partition coefficient (Wildman–Crippen LogP) is 2.40. The summed E-state index contributed by atoms with van der Waals surface area (Å²) < 4.78 is 0. The van der Waals surface area contributed by atoms with E-state index in [0.29, 0.717) is 16.5 Å². The summed E-state index contributed by atoms with van der Waals surface area (Å²) in [5, 5.41) is 7.43. The fraction of sp³-hybridized carbons (Fsp3) is 0.462. The number of halogens is 2. The first-order valence-corrected chi connectivity index (χ1v) is 6.85. The molecule has 1 heterocycles. The van der Waals surface area contributed by atoms with Crippen molar-refractivity contribution in [3.8, 4) is 0 Å². The van der Waals surface area contributed by atoms with Crippen LogP contribution >= 0.6 is 23.2 Å². The molecule has 98 valence electrons. The number of benzene rings is 1. The second-order valence-electron chi connectivity index (χ2n) is 4.50. The molecule has 1 aromatic carbocycles. The van der Waals surface area contributed by atoms with E-state index in [1.165, 1.54) is 0 Å². The van der Waals surface area contributed by atoms with Crippen LogP contribution in [0.15, 0.2) is 18.2 Å². The monoisotopic (exact) mass is 286 g/mol. The highest BCUT2D eigenvalue weighted by Gasteiger charge is 2.16. The summed E-state index contributed by atoms with van der Waals surface area (Å²) in [6, 6.07) is 5.49. The Morgan fingerprint density at radius 3 is 2.72 bits per heavy atom. The maximum atomic E-state index is 11.9. The zero-order valence-corrected chi connectivity index (χ0v) is 11.5. The third-order valence-corrected chi connectivity index (χ3v) is 3.66. The van der Waals surface area contributed by atoms with Crippen LogP contribution in [-0.2, 0) is 11.2 Å². The summed E-state index contributed by atoms with van der Waals surface area (Å²) in [5.74, 6) is 0.0196. The number of hydrogen-bond acceptors (Lipinski definition) is 2. The minimum atomic E-state index is 0.0196. The molecule has 0 aliphatic carbocycles. The lowest BCUT2D eigenvalue weighted by atomic mass is 10.1. The third-order valence-electron chi connectivity index (χ3n) is 3.07. The molecule has 2 N–H and O–H groups in total. The summed E-state index contributed by atoms with van der Waals surface area (Å²) in [4.78, 5) is 11.9. The van der Waals surface area contributed by atoms with Crippen molar-refractivity contribution in [1.29, 1.82) is 0 Å². The Hall–Kier alpha value is -0.770. The van der Waals surface area contributed by atoms with E-state index in [1.54, 1.807) is 18.2 Å². The van der Waals surface area contributed by atoms with Gasteiger partial charge in [-0.15, -0.1) is 0 Å². The Bertz CT molecular complexity index is 431. The summed E-state index contributed by atoms with van der Waals surface area (Å²) in [6.45, 7) is 1.93. The predicted molar refractivity (Wildman–Crippen MR) is 74.2 cm³/mol. The van der Waals surface area contributed by atoms with Gasteiger partial charge in [0.1, 0.15) is 0 Å². The Morgan fingerprint density at radius 2 is 2.06 bits per heavy atom. The quantitative estimate of drug-likeness (QED) is 0.896. The second-order valence-corrected chi connectivity index (χ2v) is 5.35. The fourth-order valence-electron chi connectivity index (χ4n) is 2.08. The molecular formula is C13H16Cl2N2O. The lowest BCUT2D eigenvalue weighted by Crippen LogP contribution is -2.43. The Labute approximate surface area is 117 Å². The molecule has 0 saturated carbocycles. The molecule has 0 radical (unpaired) electrons. The van der Waals surface area contributed by atoms with Crippen LogP contribution in [0.5, 0.6) is 0 Å². The van der Waals surface area contributed by atoms with Gasteiger partial charge < -0.3 is 10.6 Å². The maximum absolute atomic E-state index is 11.9. The minimum absolute atomic E-state index is 0.0196. The Morgan fingerprint density at radius 1 is 1.33 bits per heavy atom. The van der Waals surface area contributed by atoms with Gasteiger partial charge in [-0.05, 0) is 43.6 Å². The van der Waals surface area contributed by atoms with E-state index in [0.717, 1.165) is 31.5 Å². The largest absolute Gasteiger partial charge is 0.353 e. The highest BCUT2D eigenvalue weighted by atomic mass is 35.5. The van der Waals surface area contributed by atoms with Crippen LogP contribution in [0.2, 0.25) is 10.0 Å². The van der Waals surface area contributed by atoms with Crippen LogP contribution in [0.1, 0.15) is 18.4 Å². The van der Waals surface area contributed by atoms with Gasteiger partial charge >= 0.3 is 0 Å². The molecule has 1 aliphatic heterocycles. The van der Waals surface area contributed by atoms with Gasteiger partial charge in [-0.2, -0.15) is 0 Å². The van der Waals surface area contributed by atoms with E-state index in [9.17, 15) is 4.79 Å². The molecule has 1 fully saturated rings. The number of piperidine rings is 1. The van der Waals surface area contributed by atoms with E-state index in [2.05, 4.69) is 10.6 Å². The molecule has 2 rings (SSSR count). The van der Waals surface area contributed by atoms with Crippen molar-refractivity contribution in [1.82, 2.24) is 10.6 Å². The lowest BCUT2D eigenvalue weighted by Gasteiger charge is -2.23. The SMILES string of the molecule is O=C(Cc1ccc(Cl)cc1Cl)NC1CCNCC1. The van der Waals surface area contributed by atoms with Gasteiger partial charge in [0.25, 0.3) is 0 Å². The zero-order chi connectivity index (χ0) is 13.0. The van der Waals surface area contributed by atoms with E-state index >= 15 is 0 Å². The lowest BCUT2D eigenvalue weighted by molar-refractivity contribution is -0.121. The van der Waals surface area contributed by atoms with Gasteiger partial charge in [-0.25, -0.2) is 0 Å². The molecule has 0 unspecified atom stereocenters.